The second-order valence-corrected chi connectivity index (χ2v) is 9.65. The van der Waals surface area contributed by atoms with Gasteiger partial charge in [0.2, 0.25) is 0 Å². The molecule has 0 saturated carbocycles. The predicted molar refractivity (Wildman–Crippen MR) is 127 cm³/mol. The molecule has 7 heteroatoms. The molecule has 32 heavy (non-hydrogen) atoms. The maximum absolute atomic E-state index is 5.50. The Morgan fingerprint density at radius 1 is 1.00 bits per heavy atom. The summed E-state index contributed by atoms with van der Waals surface area (Å²) in [5.41, 5.74) is 5.21. The second-order valence-electron chi connectivity index (χ2n) is 9.65. The number of fused-ring (bicyclic) bond motifs is 1. The minimum absolute atomic E-state index is 0.619. The van der Waals surface area contributed by atoms with E-state index >= 15 is 0 Å². The monoisotopic (exact) mass is 432 g/mol. The summed E-state index contributed by atoms with van der Waals surface area (Å²) in [5, 5.41) is 4.57. The summed E-state index contributed by atoms with van der Waals surface area (Å²) in [6, 6.07) is 11.2. The SMILES string of the molecule is c1nc(N2CCOCC2)c2cc(-c3ccc(CCN4CC5(CCNCC5)C4)cc3)[nH]c2n1. The summed E-state index contributed by atoms with van der Waals surface area (Å²) < 4.78 is 5.50. The van der Waals surface area contributed by atoms with Crippen LogP contribution in [0.15, 0.2) is 36.7 Å². The Morgan fingerprint density at radius 3 is 2.56 bits per heavy atom. The molecule has 0 radical (unpaired) electrons. The molecule has 3 aliphatic rings. The molecule has 1 aromatic carbocycles. The van der Waals surface area contributed by atoms with Gasteiger partial charge in [-0.05, 0) is 55.0 Å². The second kappa shape index (κ2) is 8.46. The van der Waals surface area contributed by atoms with Crippen molar-refractivity contribution in [3.63, 3.8) is 0 Å². The van der Waals surface area contributed by atoms with E-state index in [1.54, 1.807) is 6.33 Å². The van der Waals surface area contributed by atoms with Crippen molar-refractivity contribution in [2.75, 3.05) is 63.9 Å². The number of anilines is 1. The number of nitrogens with one attached hydrogen (secondary N) is 2. The summed E-state index contributed by atoms with van der Waals surface area (Å²) in [5.74, 6) is 0.999. The lowest BCUT2D eigenvalue weighted by molar-refractivity contribution is -0.0216. The maximum Gasteiger partial charge on any atom is 0.143 e. The van der Waals surface area contributed by atoms with E-state index in [2.05, 4.69) is 60.4 Å². The average Bonchev–Trinajstić information content (AvgIpc) is 3.27. The standard InChI is InChI=1S/C25H32N6O/c1-3-20(4-2-19(1)5-10-30-16-25(17-30)6-8-26-9-7-25)22-15-21-23(29-22)27-18-28-24(21)31-11-13-32-14-12-31/h1-4,15,18,26H,5-14,16-17H2,(H,27,28,29). The quantitative estimate of drug-likeness (QED) is 0.646. The zero-order valence-corrected chi connectivity index (χ0v) is 18.6. The van der Waals surface area contributed by atoms with Crippen molar-refractivity contribution in [3.05, 3.63) is 42.2 Å². The van der Waals surface area contributed by atoms with Crippen molar-refractivity contribution in [3.8, 4) is 11.3 Å². The summed E-state index contributed by atoms with van der Waals surface area (Å²) in [7, 11) is 0. The van der Waals surface area contributed by atoms with Crippen LogP contribution in [0.25, 0.3) is 22.3 Å². The first-order chi connectivity index (χ1) is 15.8. The van der Waals surface area contributed by atoms with E-state index in [0.29, 0.717) is 5.41 Å². The lowest BCUT2D eigenvalue weighted by Gasteiger charge is -2.52. The van der Waals surface area contributed by atoms with Crippen LogP contribution in [0.1, 0.15) is 18.4 Å². The van der Waals surface area contributed by atoms with E-state index < -0.39 is 0 Å². The molecular formula is C25H32N6O. The van der Waals surface area contributed by atoms with Crippen LogP contribution in [-0.4, -0.2) is 78.9 Å². The van der Waals surface area contributed by atoms with Gasteiger partial charge in [-0.1, -0.05) is 24.3 Å². The molecule has 6 rings (SSSR count). The Kier molecular flexibility index (Phi) is 5.33. The number of ether oxygens (including phenoxy) is 1. The molecule has 0 bridgehead atoms. The fourth-order valence-corrected chi connectivity index (χ4v) is 5.58. The Hall–Kier alpha value is -2.48. The molecule has 1 spiro atoms. The molecule has 5 heterocycles. The molecule has 168 valence electrons. The summed E-state index contributed by atoms with van der Waals surface area (Å²) in [4.78, 5) is 17.4. The minimum Gasteiger partial charge on any atom is -0.378 e. The molecule has 0 amide bonds. The van der Waals surface area contributed by atoms with Crippen LogP contribution in [0, 0.1) is 5.41 Å². The number of nitrogens with zero attached hydrogens (tertiary/aromatic N) is 4. The lowest BCUT2D eigenvalue weighted by atomic mass is 9.72. The minimum atomic E-state index is 0.619. The molecule has 3 aliphatic heterocycles. The van der Waals surface area contributed by atoms with E-state index in [1.165, 1.54) is 56.7 Å². The van der Waals surface area contributed by atoms with Gasteiger partial charge in [0.25, 0.3) is 0 Å². The van der Waals surface area contributed by atoms with Crippen LogP contribution >= 0.6 is 0 Å². The van der Waals surface area contributed by atoms with E-state index in [4.69, 9.17) is 4.74 Å². The molecule has 3 fully saturated rings. The first-order valence-corrected chi connectivity index (χ1v) is 12.0. The van der Waals surface area contributed by atoms with Crippen LogP contribution in [-0.2, 0) is 11.2 Å². The van der Waals surface area contributed by atoms with Gasteiger partial charge in [-0.2, -0.15) is 0 Å². The van der Waals surface area contributed by atoms with E-state index in [0.717, 1.165) is 55.3 Å². The number of H-pyrrole nitrogens is 1. The fourth-order valence-electron chi connectivity index (χ4n) is 5.58. The zero-order chi connectivity index (χ0) is 21.4. The molecule has 0 unspecified atom stereocenters. The predicted octanol–water partition coefficient (Wildman–Crippen LogP) is 2.69. The largest absolute Gasteiger partial charge is 0.378 e. The summed E-state index contributed by atoms with van der Waals surface area (Å²) in [6.07, 6.45) is 5.47. The highest BCUT2D eigenvalue weighted by Gasteiger charge is 2.42. The van der Waals surface area contributed by atoms with Gasteiger partial charge in [0.05, 0.1) is 18.6 Å². The number of likely N-dealkylation sites (tertiary alicyclic amines) is 1. The third-order valence-electron chi connectivity index (χ3n) is 7.48. The van der Waals surface area contributed by atoms with E-state index in [9.17, 15) is 0 Å². The molecule has 3 aromatic rings. The van der Waals surface area contributed by atoms with E-state index in [1.807, 2.05) is 0 Å². The van der Waals surface area contributed by atoms with Crippen LogP contribution < -0.4 is 10.2 Å². The van der Waals surface area contributed by atoms with Crippen molar-refractivity contribution >= 4 is 16.9 Å². The Morgan fingerprint density at radius 2 is 1.78 bits per heavy atom. The molecule has 0 aliphatic carbocycles. The first-order valence-electron chi connectivity index (χ1n) is 12.0. The van der Waals surface area contributed by atoms with E-state index in [-0.39, 0.29) is 0 Å². The molecule has 2 aromatic heterocycles. The van der Waals surface area contributed by atoms with Gasteiger partial charge in [-0.15, -0.1) is 0 Å². The normalized spacial score (nSPS) is 21.2. The highest BCUT2D eigenvalue weighted by Crippen LogP contribution is 2.38. The van der Waals surface area contributed by atoms with Gasteiger partial charge in [-0.3, -0.25) is 0 Å². The van der Waals surface area contributed by atoms with Crippen LogP contribution in [0.3, 0.4) is 0 Å². The molecule has 2 N–H and O–H groups in total. The van der Waals surface area contributed by atoms with Gasteiger partial charge in [-0.25, -0.2) is 9.97 Å². The number of hydrogen-bond donors (Lipinski definition) is 2. The molecule has 7 nitrogen and oxygen atoms in total. The fraction of sp³-hybridized carbons (Fsp3) is 0.520. The van der Waals surface area contributed by atoms with Gasteiger partial charge in [0, 0.05) is 38.4 Å². The van der Waals surface area contributed by atoms with Crippen molar-refractivity contribution < 1.29 is 4.74 Å². The number of rotatable bonds is 5. The number of hydrogen-bond acceptors (Lipinski definition) is 6. The molecule has 3 saturated heterocycles. The first kappa shape index (κ1) is 20.1. The summed E-state index contributed by atoms with van der Waals surface area (Å²) in [6.45, 7) is 9.37. The Balaban J connectivity index is 1.11. The smallest absolute Gasteiger partial charge is 0.143 e. The van der Waals surface area contributed by atoms with Crippen molar-refractivity contribution in [1.29, 1.82) is 0 Å². The number of piperidine rings is 1. The topological polar surface area (TPSA) is 69.3 Å². The average molecular weight is 433 g/mol. The van der Waals surface area contributed by atoms with Crippen molar-refractivity contribution in [2.45, 2.75) is 19.3 Å². The number of aromatic nitrogens is 3. The van der Waals surface area contributed by atoms with Crippen LogP contribution in [0.2, 0.25) is 0 Å². The molecule has 0 atom stereocenters. The van der Waals surface area contributed by atoms with Crippen molar-refractivity contribution in [1.82, 2.24) is 25.2 Å². The van der Waals surface area contributed by atoms with Gasteiger partial charge in [0.15, 0.2) is 0 Å². The van der Waals surface area contributed by atoms with Crippen LogP contribution in [0.4, 0.5) is 5.82 Å². The number of benzene rings is 1. The van der Waals surface area contributed by atoms with Gasteiger partial charge >= 0.3 is 0 Å². The number of morpholine rings is 1. The van der Waals surface area contributed by atoms with Crippen molar-refractivity contribution in [2.24, 2.45) is 5.41 Å². The molecular weight excluding hydrogens is 400 g/mol. The lowest BCUT2D eigenvalue weighted by Crippen LogP contribution is -2.60. The highest BCUT2D eigenvalue weighted by atomic mass is 16.5. The third kappa shape index (κ3) is 3.89. The third-order valence-corrected chi connectivity index (χ3v) is 7.48. The zero-order valence-electron chi connectivity index (χ0n) is 18.6. The van der Waals surface area contributed by atoms with Gasteiger partial charge in [0.1, 0.15) is 17.8 Å². The van der Waals surface area contributed by atoms with Gasteiger partial charge < -0.3 is 24.8 Å². The number of aromatic amines is 1. The summed E-state index contributed by atoms with van der Waals surface area (Å²) >= 11 is 0. The highest BCUT2D eigenvalue weighted by molar-refractivity contribution is 5.91. The Bertz CT molecular complexity index is 1060. The maximum atomic E-state index is 5.50. The van der Waals surface area contributed by atoms with Crippen LogP contribution in [0.5, 0.6) is 0 Å². The Labute approximate surface area is 189 Å².